The van der Waals surface area contributed by atoms with E-state index in [9.17, 15) is 9.59 Å². The molecule has 6 nitrogen and oxygen atoms in total. The molecule has 3 aliphatic heterocycles. The summed E-state index contributed by atoms with van der Waals surface area (Å²) in [5.41, 5.74) is 4.23. The van der Waals surface area contributed by atoms with E-state index in [0.717, 1.165) is 56.5 Å². The summed E-state index contributed by atoms with van der Waals surface area (Å²) in [5.74, 6) is 1.29. The lowest BCUT2D eigenvalue weighted by atomic mass is 9.83. The Morgan fingerprint density at radius 3 is 2.46 bits per heavy atom. The Kier molecular flexibility index (Phi) is 5.97. The van der Waals surface area contributed by atoms with Gasteiger partial charge in [-0.2, -0.15) is 5.10 Å². The molecule has 1 aromatic rings. The maximum Gasteiger partial charge on any atom is 0.270 e. The molecule has 2 amide bonds. The molecule has 3 heterocycles. The number of amides is 2. The first-order valence-electron chi connectivity index (χ1n) is 10.2. The number of halogens is 1. The first-order chi connectivity index (χ1) is 13.6. The van der Waals surface area contributed by atoms with Crippen LogP contribution in [0.5, 0.6) is 0 Å². The average molecular weight is 403 g/mol. The highest BCUT2D eigenvalue weighted by Gasteiger charge is 2.34. The number of hydrazone groups is 1. The maximum absolute atomic E-state index is 12.6. The molecule has 0 bridgehead atoms. The fraction of sp³-hybridized carbons (Fsp3) is 0.571. The van der Waals surface area contributed by atoms with Gasteiger partial charge in [-0.1, -0.05) is 23.7 Å². The van der Waals surface area contributed by atoms with Crippen molar-refractivity contribution >= 4 is 29.1 Å². The van der Waals surface area contributed by atoms with Gasteiger partial charge in [0, 0.05) is 44.0 Å². The molecule has 0 aliphatic carbocycles. The highest BCUT2D eigenvalue weighted by molar-refractivity contribution is 6.39. The van der Waals surface area contributed by atoms with Crippen LogP contribution in [0, 0.1) is 11.8 Å². The van der Waals surface area contributed by atoms with Crippen molar-refractivity contribution in [2.24, 2.45) is 16.9 Å². The van der Waals surface area contributed by atoms with E-state index in [-0.39, 0.29) is 11.8 Å². The van der Waals surface area contributed by atoms with Crippen molar-refractivity contribution in [1.82, 2.24) is 15.2 Å². The summed E-state index contributed by atoms with van der Waals surface area (Å²) < 4.78 is 0. The summed E-state index contributed by atoms with van der Waals surface area (Å²) in [6, 6.07) is 8.13. The molecule has 1 aromatic carbocycles. The predicted octanol–water partition coefficient (Wildman–Crippen LogP) is 2.67. The molecular formula is C21H27ClN4O2. The molecule has 0 saturated carbocycles. The van der Waals surface area contributed by atoms with Gasteiger partial charge in [0.2, 0.25) is 5.91 Å². The summed E-state index contributed by atoms with van der Waals surface area (Å²) in [4.78, 5) is 28.2. The Morgan fingerprint density at radius 2 is 1.79 bits per heavy atom. The molecule has 0 radical (unpaired) electrons. The minimum absolute atomic E-state index is 0.00534. The topological polar surface area (TPSA) is 65.0 Å². The molecule has 7 heteroatoms. The Bertz CT molecular complexity index is 756. The van der Waals surface area contributed by atoms with Crippen LogP contribution in [0.4, 0.5) is 0 Å². The third kappa shape index (κ3) is 4.55. The van der Waals surface area contributed by atoms with Gasteiger partial charge in [0.25, 0.3) is 5.91 Å². The number of hydrogen-bond donors (Lipinski definition) is 1. The van der Waals surface area contributed by atoms with Gasteiger partial charge in [0.15, 0.2) is 0 Å². The highest BCUT2D eigenvalue weighted by atomic mass is 35.5. The number of likely N-dealkylation sites (tertiary alicyclic amines) is 2. The predicted molar refractivity (Wildman–Crippen MR) is 109 cm³/mol. The van der Waals surface area contributed by atoms with Gasteiger partial charge in [-0.15, -0.1) is 0 Å². The zero-order chi connectivity index (χ0) is 19.5. The van der Waals surface area contributed by atoms with Crippen LogP contribution >= 0.6 is 11.6 Å². The summed E-state index contributed by atoms with van der Waals surface area (Å²) in [5, 5.41) is 4.73. The van der Waals surface area contributed by atoms with E-state index in [2.05, 4.69) is 27.6 Å². The van der Waals surface area contributed by atoms with Gasteiger partial charge < -0.3 is 4.90 Å². The van der Waals surface area contributed by atoms with Crippen molar-refractivity contribution in [3.05, 3.63) is 34.9 Å². The lowest BCUT2D eigenvalue weighted by molar-refractivity contribution is -0.126. The average Bonchev–Trinajstić information content (AvgIpc) is 3.18. The molecule has 0 spiro atoms. The van der Waals surface area contributed by atoms with Crippen molar-refractivity contribution in [1.29, 1.82) is 0 Å². The smallest absolute Gasteiger partial charge is 0.270 e. The summed E-state index contributed by atoms with van der Waals surface area (Å²) in [6.45, 7) is 4.85. The number of piperidine rings is 1. The van der Waals surface area contributed by atoms with E-state index < -0.39 is 0 Å². The van der Waals surface area contributed by atoms with Crippen LogP contribution in [0.3, 0.4) is 0 Å². The SMILES string of the molecule is O=C1CCC(C(=O)N2CCC(C3CCN(Cc4ccc(Cl)cc4)C3)CC2)=NN1. The summed E-state index contributed by atoms with van der Waals surface area (Å²) >= 11 is 5.98. The lowest BCUT2D eigenvalue weighted by Gasteiger charge is -2.35. The molecule has 1 N–H and O–H groups in total. The van der Waals surface area contributed by atoms with Crippen molar-refractivity contribution in [2.45, 2.75) is 38.6 Å². The third-order valence-corrected chi connectivity index (χ3v) is 6.53. The normalized spacial score (nSPS) is 24.2. The van der Waals surface area contributed by atoms with Crippen molar-refractivity contribution in [2.75, 3.05) is 26.2 Å². The quantitative estimate of drug-likeness (QED) is 0.842. The van der Waals surface area contributed by atoms with Crippen LogP contribution in [-0.4, -0.2) is 53.5 Å². The van der Waals surface area contributed by atoms with E-state index in [4.69, 9.17) is 11.6 Å². The molecule has 2 fully saturated rings. The number of benzene rings is 1. The molecule has 150 valence electrons. The van der Waals surface area contributed by atoms with Crippen LogP contribution in [-0.2, 0) is 16.1 Å². The van der Waals surface area contributed by atoms with Gasteiger partial charge in [-0.05, 0) is 55.3 Å². The monoisotopic (exact) mass is 402 g/mol. The zero-order valence-corrected chi connectivity index (χ0v) is 16.8. The molecule has 3 aliphatic rings. The van der Waals surface area contributed by atoms with Crippen LogP contribution in [0.1, 0.15) is 37.7 Å². The Morgan fingerprint density at radius 1 is 1.07 bits per heavy atom. The zero-order valence-electron chi connectivity index (χ0n) is 16.1. The van der Waals surface area contributed by atoms with E-state index in [0.29, 0.717) is 24.5 Å². The molecule has 28 heavy (non-hydrogen) atoms. The van der Waals surface area contributed by atoms with Gasteiger partial charge in [0.05, 0.1) is 0 Å². The minimum atomic E-state index is -0.111. The number of hydrogen-bond acceptors (Lipinski definition) is 4. The molecular weight excluding hydrogens is 376 g/mol. The molecule has 2 saturated heterocycles. The van der Waals surface area contributed by atoms with E-state index >= 15 is 0 Å². The van der Waals surface area contributed by atoms with E-state index in [1.807, 2.05) is 17.0 Å². The largest absolute Gasteiger partial charge is 0.338 e. The fourth-order valence-corrected chi connectivity index (χ4v) is 4.75. The fourth-order valence-electron chi connectivity index (χ4n) is 4.62. The molecule has 1 unspecified atom stereocenters. The maximum atomic E-state index is 12.6. The molecule has 0 aromatic heterocycles. The van der Waals surface area contributed by atoms with Gasteiger partial charge >= 0.3 is 0 Å². The van der Waals surface area contributed by atoms with E-state index in [1.165, 1.54) is 12.0 Å². The van der Waals surface area contributed by atoms with Gasteiger partial charge in [0.1, 0.15) is 5.71 Å². The molecule has 4 rings (SSSR count). The van der Waals surface area contributed by atoms with Crippen LogP contribution in [0.2, 0.25) is 5.02 Å². The first-order valence-corrected chi connectivity index (χ1v) is 10.6. The van der Waals surface area contributed by atoms with Crippen LogP contribution in [0.15, 0.2) is 29.4 Å². The van der Waals surface area contributed by atoms with Crippen LogP contribution in [0.25, 0.3) is 0 Å². The molecule has 1 atom stereocenters. The van der Waals surface area contributed by atoms with Crippen molar-refractivity contribution in [3.8, 4) is 0 Å². The first kappa shape index (κ1) is 19.4. The summed E-state index contributed by atoms with van der Waals surface area (Å²) in [6.07, 6.45) is 4.17. The number of carbonyl (C=O) groups excluding carboxylic acids is 2. The van der Waals surface area contributed by atoms with Crippen LogP contribution < -0.4 is 5.43 Å². The second-order valence-corrected chi connectivity index (χ2v) is 8.57. The number of nitrogens with one attached hydrogen (secondary N) is 1. The number of nitrogens with zero attached hydrogens (tertiary/aromatic N) is 3. The second kappa shape index (κ2) is 8.62. The standard InChI is InChI=1S/C21H27ClN4O2/c22-18-3-1-15(2-4-18)13-25-10-7-17(14-25)16-8-11-26(12-9-16)21(28)19-5-6-20(27)24-23-19/h1-4,16-17H,5-14H2,(H,24,27). The Labute approximate surface area is 170 Å². The second-order valence-electron chi connectivity index (χ2n) is 8.13. The Balaban J connectivity index is 1.24. The number of carbonyl (C=O) groups is 2. The van der Waals surface area contributed by atoms with E-state index in [1.54, 1.807) is 0 Å². The van der Waals surface area contributed by atoms with Crippen molar-refractivity contribution in [3.63, 3.8) is 0 Å². The lowest BCUT2D eigenvalue weighted by Crippen LogP contribution is -2.45. The minimum Gasteiger partial charge on any atom is -0.338 e. The summed E-state index contributed by atoms with van der Waals surface area (Å²) in [7, 11) is 0. The van der Waals surface area contributed by atoms with Gasteiger partial charge in [-0.25, -0.2) is 5.43 Å². The Hall–Kier alpha value is -1.92. The number of rotatable bonds is 4. The highest BCUT2D eigenvalue weighted by Crippen LogP contribution is 2.32. The van der Waals surface area contributed by atoms with Crippen molar-refractivity contribution < 1.29 is 9.59 Å². The van der Waals surface area contributed by atoms with Gasteiger partial charge in [-0.3, -0.25) is 14.5 Å². The third-order valence-electron chi connectivity index (χ3n) is 6.27.